The first-order valence-corrected chi connectivity index (χ1v) is 6.25. The molecule has 2 rings (SSSR count). The van der Waals surface area contributed by atoms with E-state index in [0.29, 0.717) is 30.6 Å². The van der Waals surface area contributed by atoms with Crippen molar-refractivity contribution >= 4 is 0 Å². The Hall–Kier alpha value is -1.07. The van der Waals surface area contributed by atoms with Crippen LogP contribution in [0, 0.1) is 6.92 Å². The molecule has 0 radical (unpaired) electrons. The quantitative estimate of drug-likeness (QED) is 0.850. The first kappa shape index (κ1) is 14.3. The summed E-state index contributed by atoms with van der Waals surface area (Å²) in [6.07, 6.45) is -3.64. The van der Waals surface area contributed by atoms with Crippen molar-refractivity contribution in [2.24, 2.45) is 0 Å². The Labute approximate surface area is 110 Å². The van der Waals surface area contributed by atoms with Crippen molar-refractivity contribution in [2.45, 2.75) is 44.6 Å². The predicted molar refractivity (Wildman–Crippen MR) is 64.7 cm³/mol. The molecule has 1 aliphatic rings. The molecular formula is C14H17F3O2. The third-order valence-electron chi connectivity index (χ3n) is 3.60. The molecule has 1 fully saturated rings. The molecule has 19 heavy (non-hydrogen) atoms. The maximum atomic E-state index is 12.6. The molecule has 0 bridgehead atoms. The van der Waals surface area contributed by atoms with Gasteiger partial charge in [0, 0.05) is 12.8 Å². The molecule has 0 saturated carbocycles. The van der Waals surface area contributed by atoms with E-state index in [-0.39, 0.29) is 6.10 Å². The molecule has 0 aromatic heterocycles. The van der Waals surface area contributed by atoms with Crippen molar-refractivity contribution in [3.63, 3.8) is 0 Å². The predicted octanol–water partition coefficient (Wildman–Crippen LogP) is 3.40. The number of ether oxygens (including phenoxy) is 1. The highest BCUT2D eigenvalue weighted by Crippen LogP contribution is 2.38. The highest BCUT2D eigenvalue weighted by Gasteiger charge is 2.37. The summed E-state index contributed by atoms with van der Waals surface area (Å²) in [6, 6.07) is 3.50. The monoisotopic (exact) mass is 274 g/mol. The van der Waals surface area contributed by atoms with Gasteiger partial charge in [-0.25, -0.2) is 0 Å². The Morgan fingerprint density at radius 1 is 1.37 bits per heavy atom. The van der Waals surface area contributed by atoms with Crippen LogP contribution in [0.15, 0.2) is 18.2 Å². The van der Waals surface area contributed by atoms with E-state index in [1.807, 2.05) is 6.92 Å². The highest BCUT2D eigenvalue weighted by molar-refractivity contribution is 5.36. The molecule has 106 valence electrons. The van der Waals surface area contributed by atoms with Gasteiger partial charge < -0.3 is 9.84 Å². The van der Waals surface area contributed by atoms with Crippen LogP contribution in [0.2, 0.25) is 0 Å². The maximum Gasteiger partial charge on any atom is 0.416 e. The molecular weight excluding hydrogens is 257 g/mol. The number of aliphatic hydroxyl groups is 1. The fraction of sp³-hybridized carbons (Fsp3) is 0.571. The Morgan fingerprint density at radius 2 is 2.05 bits per heavy atom. The Morgan fingerprint density at radius 3 is 2.58 bits per heavy atom. The summed E-state index contributed by atoms with van der Waals surface area (Å²) in [5.41, 5.74) is -0.745. The molecule has 1 aromatic carbocycles. The molecule has 0 aliphatic carbocycles. The molecule has 2 unspecified atom stereocenters. The van der Waals surface area contributed by atoms with Crippen molar-refractivity contribution in [1.29, 1.82) is 0 Å². The summed E-state index contributed by atoms with van der Waals surface area (Å²) in [5, 5.41) is 10.6. The lowest BCUT2D eigenvalue weighted by molar-refractivity contribution is -0.137. The topological polar surface area (TPSA) is 29.5 Å². The minimum atomic E-state index is -4.35. The number of aryl methyl sites for hydroxylation is 1. The van der Waals surface area contributed by atoms with E-state index >= 15 is 0 Å². The van der Waals surface area contributed by atoms with E-state index in [1.54, 1.807) is 6.92 Å². The minimum Gasteiger partial charge on any atom is -0.385 e. The molecule has 2 nitrogen and oxygen atoms in total. The highest BCUT2D eigenvalue weighted by atomic mass is 19.4. The molecule has 1 aliphatic heterocycles. The fourth-order valence-corrected chi connectivity index (χ4v) is 2.67. The number of hydrogen-bond acceptors (Lipinski definition) is 2. The molecule has 2 atom stereocenters. The Kier molecular flexibility index (Phi) is 3.62. The second-order valence-corrected chi connectivity index (χ2v) is 5.19. The zero-order valence-electron chi connectivity index (χ0n) is 10.9. The van der Waals surface area contributed by atoms with Gasteiger partial charge in [-0.05, 0) is 37.1 Å². The van der Waals surface area contributed by atoms with Crippen LogP contribution in [0.4, 0.5) is 13.2 Å². The van der Waals surface area contributed by atoms with Gasteiger partial charge in [-0.1, -0.05) is 6.07 Å². The third-order valence-corrected chi connectivity index (χ3v) is 3.60. The molecule has 5 heteroatoms. The lowest BCUT2D eigenvalue weighted by Gasteiger charge is -2.37. The molecule has 1 aromatic rings. The Bertz CT molecular complexity index is 470. The largest absolute Gasteiger partial charge is 0.416 e. The average Bonchev–Trinajstić information content (AvgIpc) is 2.26. The van der Waals surface area contributed by atoms with Crippen LogP contribution in [0.3, 0.4) is 0 Å². The van der Waals surface area contributed by atoms with Gasteiger partial charge >= 0.3 is 6.18 Å². The van der Waals surface area contributed by atoms with E-state index in [9.17, 15) is 18.3 Å². The van der Waals surface area contributed by atoms with E-state index in [4.69, 9.17) is 4.74 Å². The van der Waals surface area contributed by atoms with Gasteiger partial charge in [0.05, 0.1) is 23.9 Å². The molecule has 1 N–H and O–H groups in total. The second kappa shape index (κ2) is 4.80. The maximum absolute atomic E-state index is 12.6. The van der Waals surface area contributed by atoms with Gasteiger partial charge in [0.15, 0.2) is 0 Å². The standard InChI is InChI=1S/C14H17F3O2/c1-9-7-11(14(15,16)17)3-4-12(9)13(18)5-6-19-10(2)8-13/h3-4,7,10,18H,5-6,8H2,1-2H3. The van der Waals surface area contributed by atoms with Gasteiger partial charge in [0.2, 0.25) is 0 Å². The van der Waals surface area contributed by atoms with E-state index in [0.717, 1.165) is 12.1 Å². The van der Waals surface area contributed by atoms with Crippen LogP contribution in [-0.4, -0.2) is 17.8 Å². The van der Waals surface area contributed by atoms with Crippen molar-refractivity contribution in [3.05, 3.63) is 34.9 Å². The SMILES string of the molecule is Cc1cc(C(F)(F)F)ccc1C1(O)CCOC(C)C1. The average molecular weight is 274 g/mol. The van der Waals surface area contributed by atoms with E-state index in [1.165, 1.54) is 6.07 Å². The number of rotatable bonds is 1. The summed E-state index contributed by atoms with van der Waals surface area (Å²) < 4.78 is 43.2. The van der Waals surface area contributed by atoms with Crippen molar-refractivity contribution in [1.82, 2.24) is 0 Å². The van der Waals surface area contributed by atoms with E-state index in [2.05, 4.69) is 0 Å². The number of hydrogen-bond donors (Lipinski definition) is 1. The summed E-state index contributed by atoms with van der Waals surface area (Å²) in [6.45, 7) is 3.87. The summed E-state index contributed by atoms with van der Waals surface area (Å²) in [7, 11) is 0. The van der Waals surface area contributed by atoms with Gasteiger partial charge in [-0.2, -0.15) is 13.2 Å². The molecule has 0 amide bonds. The number of benzene rings is 1. The minimum absolute atomic E-state index is 0.0968. The van der Waals surface area contributed by atoms with Crippen molar-refractivity contribution in [2.75, 3.05) is 6.61 Å². The van der Waals surface area contributed by atoms with E-state index < -0.39 is 17.3 Å². The molecule has 1 heterocycles. The summed E-state index contributed by atoms with van der Waals surface area (Å²) in [5.74, 6) is 0. The molecule has 0 spiro atoms. The van der Waals surface area contributed by atoms with Gasteiger partial charge in [-0.15, -0.1) is 0 Å². The zero-order valence-corrected chi connectivity index (χ0v) is 10.9. The summed E-state index contributed by atoms with van der Waals surface area (Å²) in [4.78, 5) is 0. The number of alkyl halides is 3. The van der Waals surface area contributed by atoms with Crippen LogP contribution >= 0.6 is 0 Å². The normalized spacial score (nSPS) is 28.4. The smallest absolute Gasteiger partial charge is 0.385 e. The van der Waals surface area contributed by atoms with Gasteiger partial charge in [0.25, 0.3) is 0 Å². The van der Waals surface area contributed by atoms with Crippen LogP contribution in [0.5, 0.6) is 0 Å². The fourth-order valence-electron chi connectivity index (χ4n) is 2.67. The first-order chi connectivity index (χ1) is 8.72. The lowest BCUT2D eigenvalue weighted by Crippen LogP contribution is -2.38. The Balaban J connectivity index is 2.35. The zero-order chi connectivity index (χ0) is 14.3. The molecule has 1 saturated heterocycles. The lowest BCUT2D eigenvalue weighted by atomic mass is 9.81. The van der Waals surface area contributed by atoms with Crippen LogP contribution in [-0.2, 0) is 16.5 Å². The number of halogens is 3. The van der Waals surface area contributed by atoms with Crippen LogP contribution < -0.4 is 0 Å². The third kappa shape index (κ3) is 2.92. The first-order valence-electron chi connectivity index (χ1n) is 6.25. The van der Waals surface area contributed by atoms with Crippen molar-refractivity contribution in [3.8, 4) is 0 Å². The van der Waals surface area contributed by atoms with Gasteiger partial charge in [0.1, 0.15) is 0 Å². The van der Waals surface area contributed by atoms with Crippen LogP contribution in [0.25, 0.3) is 0 Å². The summed E-state index contributed by atoms with van der Waals surface area (Å²) >= 11 is 0. The van der Waals surface area contributed by atoms with Gasteiger partial charge in [-0.3, -0.25) is 0 Å². The second-order valence-electron chi connectivity index (χ2n) is 5.19. The van der Waals surface area contributed by atoms with Crippen molar-refractivity contribution < 1.29 is 23.0 Å². The van der Waals surface area contributed by atoms with Crippen LogP contribution in [0.1, 0.15) is 36.5 Å².